The number of aryl methyl sites for hydroxylation is 1. The molecule has 2 aliphatic rings. The summed E-state index contributed by atoms with van der Waals surface area (Å²) in [5.41, 5.74) is 2.61. The molecule has 38 heavy (non-hydrogen) atoms. The lowest BCUT2D eigenvalue weighted by atomic mass is 10.0. The normalized spacial score (nSPS) is 19.1. The van der Waals surface area contributed by atoms with Crippen LogP contribution in [0.4, 0.5) is 11.4 Å². The SMILES string of the molecule is CC(C)C[C@H]1CN(CC(=Nc2ccc(NC(=O)CCc3ccc(Cl)cc3Cl)cc2)N2CCCCC2)CCN1. The number of benzene rings is 2. The van der Waals surface area contributed by atoms with Crippen molar-refractivity contribution < 1.29 is 4.79 Å². The molecule has 8 heteroatoms. The number of piperidine rings is 1. The predicted molar refractivity (Wildman–Crippen MR) is 160 cm³/mol. The van der Waals surface area contributed by atoms with Crippen LogP contribution in [0, 0.1) is 5.92 Å². The smallest absolute Gasteiger partial charge is 0.224 e. The minimum Gasteiger partial charge on any atom is -0.359 e. The molecule has 0 saturated carbocycles. The van der Waals surface area contributed by atoms with Gasteiger partial charge in [-0.15, -0.1) is 0 Å². The molecule has 2 aromatic rings. The topological polar surface area (TPSA) is 60.0 Å². The number of nitrogens with zero attached hydrogens (tertiary/aromatic N) is 3. The molecule has 0 aliphatic carbocycles. The van der Waals surface area contributed by atoms with Crippen LogP contribution in [-0.2, 0) is 11.2 Å². The van der Waals surface area contributed by atoms with Gasteiger partial charge in [0.2, 0.25) is 5.91 Å². The van der Waals surface area contributed by atoms with E-state index in [4.69, 9.17) is 28.2 Å². The zero-order valence-corrected chi connectivity index (χ0v) is 24.2. The van der Waals surface area contributed by atoms with Crippen molar-refractivity contribution in [2.75, 3.05) is 44.6 Å². The molecule has 6 nitrogen and oxygen atoms in total. The fourth-order valence-electron chi connectivity index (χ4n) is 5.29. The first-order chi connectivity index (χ1) is 18.4. The first kappa shape index (κ1) is 28.9. The van der Waals surface area contributed by atoms with E-state index in [0.717, 1.165) is 62.0 Å². The summed E-state index contributed by atoms with van der Waals surface area (Å²) in [6, 6.07) is 13.8. The Morgan fingerprint density at radius 1 is 1.08 bits per heavy atom. The fraction of sp³-hybridized carbons (Fsp3) is 0.533. The van der Waals surface area contributed by atoms with Gasteiger partial charge in [0, 0.05) is 60.9 Å². The van der Waals surface area contributed by atoms with Crippen LogP contribution in [0.1, 0.15) is 51.5 Å². The number of rotatable bonds is 9. The van der Waals surface area contributed by atoms with Crippen LogP contribution in [0.5, 0.6) is 0 Å². The largest absolute Gasteiger partial charge is 0.359 e. The van der Waals surface area contributed by atoms with E-state index in [2.05, 4.69) is 34.3 Å². The zero-order valence-electron chi connectivity index (χ0n) is 22.7. The van der Waals surface area contributed by atoms with Gasteiger partial charge in [-0.1, -0.05) is 43.1 Å². The van der Waals surface area contributed by atoms with Crippen LogP contribution in [-0.4, -0.2) is 66.9 Å². The fourth-order valence-corrected chi connectivity index (χ4v) is 5.79. The number of hydrogen-bond acceptors (Lipinski definition) is 4. The first-order valence-electron chi connectivity index (χ1n) is 14.0. The molecule has 1 amide bonds. The molecular weight excluding hydrogens is 517 g/mol. The van der Waals surface area contributed by atoms with Gasteiger partial charge in [0.15, 0.2) is 0 Å². The van der Waals surface area contributed by atoms with Crippen molar-refractivity contribution in [2.24, 2.45) is 10.9 Å². The van der Waals surface area contributed by atoms with Gasteiger partial charge in [-0.05, 0) is 80.0 Å². The molecule has 1 atom stereocenters. The van der Waals surface area contributed by atoms with E-state index in [1.807, 2.05) is 30.3 Å². The lowest BCUT2D eigenvalue weighted by Gasteiger charge is -2.37. The van der Waals surface area contributed by atoms with E-state index in [1.165, 1.54) is 25.7 Å². The third-order valence-electron chi connectivity index (χ3n) is 7.23. The molecule has 0 unspecified atom stereocenters. The highest BCUT2D eigenvalue weighted by Gasteiger charge is 2.24. The summed E-state index contributed by atoms with van der Waals surface area (Å²) in [5.74, 6) is 1.80. The minimum atomic E-state index is -0.0454. The summed E-state index contributed by atoms with van der Waals surface area (Å²) in [5, 5.41) is 7.86. The van der Waals surface area contributed by atoms with E-state index in [0.29, 0.717) is 34.8 Å². The van der Waals surface area contributed by atoms with E-state index >= 15 is 0 Å². The monoisotopic (exact) mass is 557 g/mol. The van der Waals surface area contributed by atoms with Gasteiger partial charge in [-0.2, -0.15) is 0 Å². The van der Waals surface area contributed by atoms with Gasteiger partial charge in [-0.25, -0.2) is 4.99 Å². The average molecular weight is 559 g/mol. The van der Waals surface area contributed by atoms with Gasteiger partial charge < -0.3 is 15.5 Å². The maximum absolute atomic E-state index is 12.5. The Hall–Kier alpha value is -2.12. The molecule has 2 saturated heterocycles. The van der Waals surface area contributed by atoms with Crippen molar-refractivity contribution in [3.8, 4) is 0 Å². The first-order valence-corrected chi connectivity index (χ1v) is 14.7. The Morgan fingerprint density at radius 2 is 1.84 bits per heavy atom. The highest BCUT2D eigenvalue weighted by molar-refractivity contribution is 6.35. The van der Waals surface area contributed by atoms with Crippen LogP contribution in [0.15, 0.2) is 47.5 Å². The van der Waals surface area contributed by atoms with Crippen LogP contribution < -0.4 is 10.6 Å². The van der Waals surface area contributed by atoms with Crippen molar-refractivity contribution in [1.29, 1.82) is 0 Å². The van der Waals surface area contributed by atoms with Gasteiger partial charge >= 0.3 is 0 Å². The van der Waals surface area contributed by atoms with Gasteiger partial charge in [0.1, 0.15) is 5.84 Å². The van der Waals surface area contributed by atoms with Crippen LogP contribution in [0.2, 0.25) is 10.0 Å². The van der Waals surface area contributed by atoms with Gasteiger partial charge in [-0.3, -0.25) is 9.69 Å². The van der Waals surface area contributed by atoms with E-state index in [1.54, 1.807) is 12.1 Å². The second-order valence-corrected chi connectivity index (χ2v) is 11.8. The molecule has 4 rings (SSSR count). The molecule has 0 bridgehead atoms. The number of nitrogens with one attached hydrogen (secondary N) is 2. The Labute approximate surface area is 237 Å². The van der Waals surface area contributed by atoms with Crippen LogP contribution >= 0.6 is 23.2 Å². The number of halogens is 2. The number of amides is 1. The average Bonchev–Trinajstić information content (AvgIpc) is 2.89. The molecule has 0 spiro atoms. The second-order valence-electron chi connectivity index (χ2n) is 10.9. The molecule has 0 aromatic heterocycles. The van der Waals surface area contributed by atoms with Gasteiger partial charge in [0.25, 0.3) is 0 Å². The highest BCUT2D eigenvalue weighted by atomic mass is 35.5. The Morgan fingerprint density at radius 3 is 2.55 bits per heavy atom. The van der Waals surface area contributed by atoms with Crippen molar-refractivity contribution in [1.82, 2.24) is 15.1 Å². The summed E-state index contributed by atoms with van der Waals surface area (Å²) in [4.78, 5) is 22.7. The van der Waals surface area contributed by atoms with Crippen molar-refractivity contribution >= 4 is 46.3 Å². The number of likely N-dealkylation sites (tertiary alicyclic amines) is 1. The zero-order chi connectivity index (χ0) is 26.9. The molecule has 2 heterocycles. The maximum Gasteiger partial charge on any atom is 0.224 e. The molecule has 2 aromatic carbocycles. The second kappa shape index (κ2) is 14.3. The van der Waals surface area contributed by atoms with Crippen molar-refractivity contribution in [2.45, 2.75) is 58.4 Å². The number of aliphatic imine (C=N–C) groups is 1. The van der Waals surface area contributed by atoms with Crippen molar-refractivity contribution in [3.63, 3.8) is 0 Å². The molecule has 0 radical (unpaired) electrons. The summed E-state index contributed by atoms with van der Waals surface area (Å²) in [6.45, 7) is 10.8. The number of piperazine rings is 1. The van der Waals surface area contributed by atoms with Gasteiger partial charge in [0.05, 0.1) is 12.2 Å². The summed E-state index contributed by atoms with van der Waals surface area (Å²) >= 11 is 12.2. The Kier molecular flexibility index (Phi) is 10.9. The molecule has 206 valence electrons. The number of amidine groups is 1. The quantitative estimate of drug-likeness (QED) is 0.276. The number of anilines is 1. The van der Waals surface area contributed by atoms with E-state index in [9.17, 15) is 4.79 Å². The highest BCUT2D eigenvalue weighted by Crippen LogP contribution is 2.23. The number of carbonyl (C=O) groups is 1. The van der Waals surface area contributed by atoms with Crippen molar-refractivity contribution in [3.05, 3.63) is 58.1 Å². The molecule has 2 N–H and O–H groups in total. The third-order valence-corrected chi connectivity index (χ3v) is 7.81. The maximum atomic E-state index is 12.5. The predicted octanol–water partition coefficient (Wildman–Crippen LogP) is 6.40. The standard InChI is InChI=1S/C30H41Cl2N5O/c1-22(2)18-27-20-36(17-14-33-27)21-29(37-15-4-3-5-16-37)34-25-9-11-26(12-10-25)35-30(38)13-7-23-6-8-24(31)19-28(23)32/h6,8-12,19,22,27,33H,3-5,7,13-18,20-21H2,1-2H3,(H,35,38)/t27-/m0/s1. The summed E-state index contributed by atoms with van der Waals surface area (Å²) in [7, 11) is 0. The third kappa shape index (κ3) is 8.98. The van der Waals surface area contributed by atoms with E-state index in [-0.39, 0.29) is 5.91 Å². The number of hydrogen-bond donors (Lipinski definition) is 2. The Bertz CT molecular complexity index is 1080. The van der Waals surface area contributed by atoms with E-state index < -0.39 is 0 Å². The molecule has 2 aliphatic heterocycles. The minimum absolute atomic E-state index is 0.0454. The lowest BCUT2D eigenvalue weighted by Crippen LogP contribution is -2.54. The number of carbonyl (C=O) groups excluding carboxylic acids is 1. The van der Waals surface area contributed by atoms with Crippen LogP contribution in [0.3, 0.4) is 0 Å². The van der Waals surface area contributed by atoms with Crippen LogP contribution in [0.25, 0.3) is 0 Å². The summed E-state index contributed by atoms with van der Waals surface area (Å²) in [6.07, 6.45) is 5.86. The molecule has 2 fully saturated rings. The summed E-state index contributed by atoms with van der Waals surface area (Å²) < 4.78 is 0. The molecular formula is C30H41Cl2N5O. The lowest BCUT2D eigenvalue weighted by molar-refractivity contribution is -0.116. The Balaban J connectivity index is 1.37.